The quantitative estimate of drug-likeness (QED) is 0.268. The molecule has 10 heteroatoms. The van der Waals surface area contributed by atoms with Crippen molar-refractivity contribution in [2.24, 2.45) is 12.0 Å². The molecule has 0 aromatic carbocycles. The van der Waals surface area contributed by atoms with E-state index in [9.17, 15) is 8.42 Å². The standard InChI is InChI=1S/C13H24ClN5O2S.HI/c1-5-22(20,21)17-7-6-16-13(15-2)19(4)10-12-8-11(14)9-18(12)3;/h8-9,17H,5-7,10H2,1-4H3,(H,15,16);1H. The summed E-state index contributed by atoms with van der Waals surface area (Å²) in [5.74, 6) is 0.767. The second-order valence-corrected chi connectivity index (χ2v) is 7.42. The van der Waals surface area contributed by atoms with Gasteiger partial charge in [0.2, 0.25) is 10.0 Å². The van der Waals surface area contributed by atoms with Crippen LogP contribution in [0.25, 0.3) is 0 Å². The molecule has 0 spiro atoms. The Kier molecular flexibility index (Phi) is 10.1. The van der Waals surface area contributed by atoms with Gasteiger partial charge in [0, 0.05) is 46.1 Å². The van der Waals surface area contributed by atoms with Gasteiger partial charge in [-0.05, 0) is 13.0 Å². The number of aliphatic imine (C=N–C) groups is 1. The first kappa shape index (κ1) is 22.5. The summed E-state index contributed by atoms with van der Waals surface area (Å²) in [5.41, 5.74) is 1.06. The highest BCUT2D eigenvalue weighted by Gasteiger charge is 2.10. The Bertz CT molecular complexity index is 618. The van der Waals surface area contributed by atoms with Crippen molar-refractivity contribution in [2.45, 2.75) is 13.5 Å². The average Bonchev–Trinajstić information content (AvgIpc) is 2.76. The molecule has 0 aliphatic carbocycles. The third-order valence-electron chi connectivity index (χ3n) is 3.16. The van der Waals surface area contributed by atoms with Gasteiger partial charge in [-0.25, -0.2) is 13.1 Å². The van der Waals surface area contributed by atoms with E-state index in [0.717, 1.165) is 5.69 Å². The summed E-state index contributed by atoms with van der Waals surface area (Å²) in [5, 5.41) is 3.82. The molecule has 0 atom stereocenters. The lowest BCUT2D eigenvalue weighted by molar-refractivity contribution is 0.462. The highest BCUT2D eigenvalue weighted by atomic mass is 127. The summed E-state index contributed by atoms with van der Waals surface area (Å²) in [6, 6.07) is 1.90. The first-order chi connectivity index (χ1) is 10.3. The third kappa shape index (κ3) is 7.73. The molecule has 23 heavy (non-hydrogen) atoms. The van der Waals surface area contributed by atoms with Crippen molar-refractivity contribution in [2.75, 3.05) is 32.9 Å². The molecule has 0 amide bonds. The molecule has 0 aliphatic heterocycles. The molecule has 0 aliphatic rings. The van der Waals surface area contributed by atoms with E-state index >= 15 is 0 Å². The topological polar surface area (TPSA) is 78.7 Å². The minimum Gasteiger partial charge on any atom is -0.355 e. The van der Waals surface area contributed by atoms with Crippen LogP contribution in [0.1, 0.15) is 12.6 Å². The second-order valence-electron chi connectivity index (χ2n) is 4.89. The predicted molar refractivity (Wildman–Crippen MR) is 106 cm³/mol. The van der Waals surface area contributed by atoms with E-state index in [1.807, 2.05) is 35.8 Å². The van der Waals surface area contributed by atoms with Gasteiger partial charge in [0.05, 0.1) is 17.3 Å². The van der Waals surface area contributed by atoms with Crippen LogP contribution < -0.4 is 10.0 Å². The number of halogens is 2. The zero-order chi connectivity index (χ0) is 16.8. The number of aryl methyl sites for hydroxylation is 1. The van der Waals surface area contributed by atoms with Crippen LogP contribution in [-0.4, -0.2) is 56.8 Å². The molecule has 1 heterocycles. The summed E-state index contributed by atoms with van der Waals surface area (Å²) in [6.45, 7) is 3.03. The number of hydrogen-bond donors (Lipinski definition) is 2. The van der Waals surface area contributed by atoms with Crippen LogP contribution in [0.3, 0.4) is 0 Å². The number of rotatable bonds is 7. The van der Waals surface area contributed by atoms with Crippen molar-refractivity contribution < 1.29 is 8.42 Å². The fraction of sp³-hybridized carbons (Fsp3) is 0.615. The van der Waals surface area contributed by atoms with E-state index in [1.54, 1.807) is 14.0 Å². The van der Waals surface area contributed by atoms with Crippen LogP contribution in [-0.2, 0) is 23.6 Å². The van der Waals surface area contributed by atoms with Crippen molar-refractivity contribution in [1.29, 1.82) is 0 Å². The maximum atomic E-state index is 11.3. The first-order valence-electron chi connectivity index (χ1n) is 6.99. The van der Waals surface area contributed by atoms with Gasteiger partial charge >= 0.3 is 0 Å². The molecule has 0 radical (unpaired) electrons. The summed E-state index contributed by atoms with van der Waals surface area (Å²) in [7, 11) is 2.37. The van der Waals surface area contributed by atoms with E-state index < -0.39 is 10.0 Å². The summed E-state index contributed by atoms with van der Waals surface area (Å²) in [4.78, 5) is 6.13. The maximum Gasteiger partial charge on any atom is 0.211 e. The number of nitrogens with zero attached hydrogens (tertiary/aromatic N) is 3. The minimum absolute atomic E-state index is 0. The maximum absolute atomic E-state index is 11.3. The summed E-state index contributed by atoms with van der Waals surface area (Å²) < 4.78 is 27.1. The van der Waals surface area contributed by atoms with E-state index in [4.69, 9.17) is 11.6 Å². The Morgan fingerprint density at radius 3 is 2.57 bits per heavy atom. The van der Waals surface area contributed by atoms with Crippen molar-refractivity contribution in [1.82, 2.24) is 19.5 Å². The van der Waals surface area contributed by atoms with Gasteiger partial charge in [-0.2, -0.15) is 0 Å². The molecular formula is C13H25ClIN5O2S. The van der Waals surface area contributed by atoms with Crippen molar-refractivity contribution >= 4 is 51.6 Å². The van der Waals surface area contributed by atoms with Gasteiger partial charge < -0.3 is 14.8 Å². The van der Waals surface area contributed by atoms with E-state index in [1.165, 1.54) is 0 Å². The van der Waals surface area contributed by atoms with Crippen molar-refractivity contribution in [3.05, 3.63) is 23.0 Å². The lowest BCUT2D eigenvalue weighted by Crippen LogP contribution is -2.42. The molecule has 1 aromatic rings. The Hall–Kier alpha value is -0.520. The zero-order valence-corrected chi connectivity index (χ0v) is 17.7. The van der Waals surface area contributed by atoms with Gasteiger partial charge in [-0.1, -0.05) is 11.6 Å². The van der Waals surface area contributed by atoms with Crippen molar-refractivity contribution in [3.63, 3.8) is 0 Å². The molecular weight excluding hydrogens is 453 g/mol. The molecule has 0 fully saturated rings. The predicted octanol–water partition coefficient (Wildman–Crippen LogP) is 1.24. The summed E-state index contributed by atoms with van der Waals surface area (Å²) in [6.07, 6.45) is 1.85. The molecule has 0 saturated carbocycles. The smallest absolute Gasteiger partial charge is 0.211 e. The second kappa shape index (κ2) is 10.4. The third-order valence-corrected chi connectivity index (χ3v) is 4.77. The van der Waals surface area contributed by atoms with E-state index in [0.29, 0.717) is 30.6 Å². The van der Waals surface area contributed by atoms with Crippen LogP contribution in [0.15, 0.2) is 17.3 Å². The SMILES string of the molecule is CCS(=O)(=O)NCCNC(=NC)N(C)Cc1cc(Cl)cn1C.I. The normalized spacial score (nSPS) is 12.0. The number of sulfonamides is 1. The summed E-state index contributed by atoms with van der Waals surface area (Å²) >= 11 is 5.97. The van der Waals surface area contributed by atoms with Gasteiger partial charge in [0.25, 0.3) is 0 Å². The lowest BCUT2D eigenvalue weighted by Gasteiger charge is -2.22. The fourth-order valence-corrected chi connectivity index (χ4v) is 2.80. The number of nitrogens with one attached hydrogen (secondary N) is 2. The monoisotopic (exact) mass is 477 g/mol. The number of guanidine groups is 1. The molecule has 134 valence electrons. The molecule has 0 unspecified atom stereocenters. The number of aromatic nitrogens is 1. The zero-order valence-electron chi connectivity index (χ0n) is 13.8. The fourth-order valence-electron chi connectivity index (χ4n) is 1.91. The molecule has 0 bridgehead atoms. The van der Waals surface area contributed by atoms with Gasteiger partial charge in [-0.15, -0.1) is 24.0 Å². The van der Waals surface area contributed by atoms with Gasteiger partial charge in [-0.3, -0.25) is 4.99 Å². The highest BCUT2D eigenvalue weighted by Crippen LogP contribution is 2.14. The highest BCUT2D eigenvalue weighted by molar-refractivity contribution is 14.0. The average molecular weight is 478 g/mol. The van der Waals surface area contributed by atoms with Crippen molar-refractivity contribution in [3.8, 4) is 0 Å². The van der Waals surface area contributed by atoms with E-state index in [2.05, 4.69) is 15.0 Å². The Balaban J connectivity index is 0.00000484. The molecule has 0 saturated heterocycles. The van der Waals surface area contributed by atoms with Crippen LogP contribution in [0, 0.1) is 0 Å². The number of hydrogen-bond acceptors (Lipinski definition) is 3. The largest absolute Gasteiger partial charge is 0.355 e. The Labute approximate surface area is 160 Å². The Morgan fingerprint density at radius 1 is 1.43 bits per heavy atom. The minimum atomic E-state index is -3.16. The lowest BCUT2D eigenvalue weighted by atomic mass is 10.4. The molecule has 1 rings (SSSR count). The first-order valence-corrected chi connectivity index (χ1v) is 9.02. The van der Waals surface area contributed by atoms with Crippen LogP contribution in [0.5, 0.6) is 0 Å². The van der Waals surface area contributed by atoms with E-state index in [-0.39, 0.29) is 29.7 Å². The van der Waals surface area contributed by atoms with Crippen LogP contribution >= 0.6 is 35.6 Å². The molecule has 7 nitrogen and oxygen atoms in total. The van der Waals surface area contributed by atoms with Crippen LogP contribution in [0.2, 0.25) is 5.02 Å². The van der Waals surface area contributed by atoms with Gasteiger partial charge in [0.1, 0.15) is 0 Å². The Morgan fingerprint density at radius 2 is 2.09 bits per heavy atom. The van der Waals surface area contributed by atoms with Gasteiger partial charge in [0.15, 0.2) is 5.96 Å². The molecule has 1 aromatic heterocycles. The van der Waals surface area contributed by atoms with Crippen LogP contribution in [0.4, 0.5) is 0 Å². The molecule has 2 N–H and O–H groups in total.